The minimum Gasteiger partial charge on any atom is -0.380 e. The van der Waals surface area contributed by atoms with Gasteiger partial charge in [-0.1, -0.05) is 0 Å². The van der Waals surface area contributed by atoms with Crippen molar-refractivity contribution >= 4 is 17.0 Å². The highest BCUT2D eigenvalue weighted by molar-refractivity contribution is 7.12. The molecule has 2 aromatic heterocycles. The molecule has 0 fully saturated rings. The van der Waals surface area contributed by atoms with E-state index in [2.05, 4.69) is 16.5 Å². The Morgan fingerprint density at radius 2 is 2.05 bits per heavy atom. The van der Waals surface area contributed by atoms with Crippen molar-refractivity contribution in [2.75, 3.05) is 5.32 Å². The summed E-state index contributed by atoms with van der Waals surface area (Å²) in [6.07, 6.45) is 3.67. The molecule has 0 spiro atoms. The molecule has 0 saturated carbocycles. The summed E-state index contributed by atoms with van der Waals surface area (Å²) in [6, 6.07) is 16.0. The fourth-order valence-electron chi connectivity index (χ4n) is 1.88. The molecule has 3 rings (SSSR count). The van der Waals surface area contributed by atoms with Crippen LogP contribution in [0.25, 0.3) is 5.69 Å². The summed E-state index contributed by atoms with van der Waals surface area (Å²) in [6.45, 7) is 0.730. The molecule has 20 heavy (non-hydrogen) atoms. The van der Waals surface area contributed by atoms with Crippen LogP contribution in [-0.2, 0) is 6.54 Å². The summed E-state index contributed by atoms with van der Waals surface area (Å²) >= 11 is 1.52. The Morgan fingerprint density at radius 1 is 1.20 bits per heavy atom. The predicted molar refractivity (Wildman–Crippen MR) is 79.9 cm³/mol. The number of nitrogens with one attached hydrogen (secondary N) is 1. The van der Waals surface area contributed by atoms with Crippen LogP contribution < -0.4 is 5.32 Å². The van der Waals surface area contributed by atoms with Gasteiger partial charge in [0.05, 0.1) is 5.69 Å². The lowest BCUT2D eigenvalue weighted by Gasteiger charge is -2.06. The number of aromatic nitrogens is 2. The van der Waals surface area contributed by atoms with E-state index in [1.807, 2.05) is 53.3 Å². The first-order chi connectivity index (χ1) is 9.85. The SMILES string of the molecule is N#Cc1ccc(CNc2ccc(-n3cccn3)cc2)s1. The second kappa shape index (κ2) is 5.59. The number of nitriles is 1. The zero-order valence-corrected chi connectivity index (χ0v) is 11.5. The molecule has 3 aromatic rings. The number of nitrogens with zero attached hydrogens (tertiary/aromatic N) is 3. The summed E-state index contributed by atoms with van der Waals surface area (Å²) in [4.78, 5) is 1.90. The topological polar surface area (TPSA) is 53.6 Å². The summed E-state index contributed by atoms with van der Waals surface area (Å²) in [5, 5.41) is 16.3. The van der Waals surface area contributed by atoms with Gasteiger partial charge < -0.3 is 5.32 Å². The standard InChI is InChI=1S/C15H12N4S/c16-10-14-6-7-15(20-14)11-17-12-2-4-13(5-3-12)19-9-1-8-18-19/h1-9,17H,11H2. The third-order valence-electron chi connectivity index (χ3n) is 2.87. The Balaban J connectivity index is 1.65. The number of hydrogen-bond acceptors (Lipinski definition) is 4. The highest BCUT2D eigenvalue weighted by Crippen LogP contribution is 2.18. The molecule has 0 saturated heterocycles. The van der Waals surface area contributed by atoms with Crippen LogP contribution >= 0.6 is 11.3 Å². The molecule has 0 bridgehead atoms. The molecule has 0 unspecified atom stereocenters. The van der Waals surface area contributed by atoms with Crippen molar-refractivity contribution in [2.45, 2.75) is 6.54 Å². The van der Waals surface area contributed by atoms with Gasteiger partial charge in [0, 0.05) is 29.5 Å². The van der Waals surface area contributed by atoms with Crippen molar-refractivity contribution in [1.29, 1.82) is 5.26 Å². The van der Waals surface area contributed by atoms with Gasteiger partial charge in [-0.2, -0.15) is 10.4 Å². The monoisotopic (exact) mass is 280 g/mol. The molecular formula is C15H12N4S. The summed E-state index contributed by atoms with van der Waals surface area (Å²) < 4.78 is 1.82. The molecule has 2 heterocycles. The lowest BCUT2D eigenvalue weighted by Crippen LogP contribution is -1.98. The van der Waals surface area contributed by atoms with Crippen molar-refractivity contribution in [2.24, 2.45) is 0 Å². The van der Waals surface area contributed by atoms with Gasteiger partial charge in [-0.15, -0.1) is 11.3 Å². The molecule has 0 aliphatic carbocycles. The maximum Gasteiger partial charge on any atom is 0.110 e. The van der Waals surface area contributed by atoms with Crippen molar-refractivity contribution in [3.8, 4) is 11.8 Å². The van der Waals surface area contributed by atoms with E-state index in [-0.39, 0.29) is 0 Å². The Bertz CT molecular complexity index is 720. The smallest absolute Gasteiger partial charge is 0.110 e. The molecule has 98 valence electrons. The molecule has 0 aliphatic heterocycles. The van der Waals surface area contributed by atoms with Gasteiger partial charge in [-0.05, 0) is 42.5 Å². The molecule has 1 aromatic carbocycles. The van der Waals surface area contributed by atoms with E-state index < -0.39 is 0 Å². The van der Waals surface area contributed by atoms with Gasteiger partial charge in [0.25, 0.3) is 0 Å². The van der Waals surface area contributed by atoms with Gasteiger partial charge in [-0.3, -0.25) is 0 Å². The molecule has 0 atom stereocenters. The maximum atomic E-state index is 8.79. The van der Waals surface area contributed by atoms with Gasteiger partial charge in [-0.25, -0.2) is 4.68 Å². The van der Waals surface area contributed by atoms with Crippen LogP contribution in [0.1, 0.15) is 9.75 Å². The van der Waals surface area contributed by atoms with Gasteiger partial charge >= 0.3 is 0 Å². The first kappa shape index (κ1) is 12.5. The number of thiophene rings is 1. The summed E-state index contributed by atoms with van der Waals surface area (Å²) in [5.74, 6) is 0. The first-order valence-electron chi connectivity index (χ1n) is 6.18. The second-order valence-corrected chi connectivity index (χ2v) is 5.40. The van der Waals surface area contributed by atoms with Gasteiger partial charge in [0.15, 0.2) is 0 Å². The van der Waals surface area contributed by atoms with Crippen LogP contribution in [0.4, 0.5) is 5.69 Å². The van der Waals surface area contributed by atoms with Gasteiger partial charge in [0.1, 0.15) is 10.9 Å². The zero-order valence-electron chi connectivity index (χ0n) is 10.7. The lowest BCUT2D eigenvalue weighted by molar-refractivity contribution is 0.880. The molecular weight excluding hydrogens is 268 g/mol. The van der Waals surface area contributed by atoms with Crippen molar-refractivity contribution in [1.82, 2.24) is 9.78 Å². The number of hydrogen-bond donors (Lipinski definition) is 1. The van der Waals surface area contributed by atoms with E-state index in [4.69, 9.17) is 5.26 Å². The van der Waals surface area contributed by atoms with E-state index >= 15 is 0 Å². The molecule has 4 nitrogen and oxygen atoms in total. The molecule has 0 radical (unpaired) electrons. The molecule has 5 heteroatoms. The quantitative estimate of drug-likeness (QED) is 0.796. The minimum atomic E-state index is 0.730. The van der Waals surface area contributed by atoms with Crippen LogP contribution in [0.3, 0.4) is 0 Å². The van der Waals surface area contributed by atoms with Crippen LogP contribution in [-0.4, -0.2) is 9.78 Å². The van der Waals surface area contributed by atoms with E-state index in [9.17, 15) is 0 Å². The minimum absolute atomic E-state index is 0.730. The Labute approximate surface area is 120 Å². The van der Waals surface area contributed by atoms with Crippen molar-refractivity contribution in [3.63, 3.8) is 0 Å². The summed E-state index contributed by atoms with van der Waals surface area (Å²) in [7, 11) is 0. The Hall–Kier alpha value is -2.58. The Kier molecular flexibility index (Phi) is 3.48. The predicted octanol–water partition coefficient (Wildman–Crippen LogP) is 3.42. The van der Waals surface area contributed by atoms with Crippen LogP contribution in [0.15, 0.2) is 54.9 Å². The average Bonchev–Trinajstić information content (AvgIpc) is 3.17. The first-order valence-corrected chi connectivity index (χ1v) is 6.99. The van der Waals surface area contributed by atoms with Crippen LogP contribution in [0.2, 0.25) is 0 Å². The van der Waals surface area contributed by atoms with Crippen LogP contribution in [0.5, 0.6) is 0 Å². The maximum absolute atomic E-state index is 8.79. The fraction of sp³-hybridized carbons (Fsp3) is 0.0667. The second-order valence-electron chi connectivity index (χ2n) is 4.23. The lowest BCUT2D eigenvalue weighted by atomic mass is 10.3. The highest BCUT2D eigenvalue weighted by atomic mass is 32.1. The fourth-order valence-corrected chi connectivity index (χ4v) is 2.62. The average molecular weight is 280 g/mol. The molecule has 0 aliphatic rings. The number of benzene rings is 1. The van der Waals surface area contributed by atoms with Crippen molar-refractivity contribution in [3.05, 3.63) is 64.6 Å². The summed E-state index contributed by atoms with van der Waals surface area (Å²) in [5.41, 5.74) is 2.08. The Morgan fingerprint density at radius 3 is 2.70 bits per heavy atom. The third kappa shape index (κ3) is 2.71. The van der Waals surface area contributed by atoms with Gasteiger partial charge in [0.2, 0.25) is 0 Å². The molecule has 0 amide bonds. The van der Waals surface area contributed by atoms with E-state index in [1.165, 1.54) is 11.3 Å². The van der Waals surface area contributed by atoms with Crippen molar-refractivity contribution < 1.29 is 0 Å². The largest absolute Gasteiger partial charge is 0.380 e. The zero-order chi connectivity index (χ0) is 13.8. The van der Waals surface area contributed by atoms with E-state index in [1.54, 1.807) is 6.20 Å². The van der Waals surface area contributed by atoms with E-state index in [0.717, 1.165) is 27.7 Å². The number of rotatable bonds is 4. The third-order valence-corrected chi connectivity index (χ3v) is 3.86. The van der Waals surface area contributed by atoms with Crippen LogP contribution in [0, 0.1) is 11.3 Å². The number of anilines is 1. The molecule has 1 N–H and O–H groups in total. The highest BCUT2D eigenvalue weighted by Gasteiger charge is 2.00. The van der Waals surface area contributed by atoms with E-state index in [0.29, 0.717) is 0 Å². The normalized spacial score (nSPS) is 10.2.